The van der Waals surface area contributed by atoms with Crippen molar-refractivity contribution in [2.45, 2.75) is 18.8 Å². The SMILES string of the molecule is COc1ccc(C2CC2)c(N)c1.Cl. The number of hydrogen-bond acceptors (Lipinski definition) is 2. The number of rotatable bonds is 2. The summed E-state index contributed by atoms with van der Waals surface area (Å²) in [6, 6.07) is 5.95. The number of nitrogens with two attached hydrogens (primary N) is 1. The van der Waals surface area contributed by atoms with Gasteiger partial charge in [0.15, 0.2) is 0 Å². The summed E-state index contributed by atoms with van der Waals surface area (Å²) in [5, 5.41) is 0. The maximum atomic E-state index is 5.86. The van der Waals surface area contributed by atoms with Crippen LogP contribution in [0.15, 0.2) is 18.2 Å². The molecule has 1 saturated carbocycles. The van der Waals surface area contributed by atoms with Crippen LogP contribution in [0.5, 0.6) is 5.75 Å². The van der Waals surface area contributed by atoms with E-state index in [1.54, 1.807) is 7.11 Å². The third-order valence-corrected chi connectivity index (χ3v) is 2.31. The second-order valence-corrected chi connectivity index (χ2v) is 3.27. The molecule has 3 heteroatoms. The van der Waals surface area contributed by atoms with Crippen LogP contribution in [0.1, 0.15) is 24.3 Å². The van der Waals surface area contributed by atoms with Crippen LogP contribution < -0.4 is 10.5 Å². The molecule has 1 aliphatic rings. The van der Waals surface area contributed by atoms with E-state index in [1.807, 2.05) is 12.1 Å². The molecular weight excluding hydrogens is 186 g/mol. The zero-order chi connectivity index (χ0) is 8.55. The monoisotopic (exact) mass is 199 g/mol. The highest BCUT2D eigenvalue weighted by Gasteiger charge is 2.25. The Morgan fingerprint density at radius 2 is 2.08 bits per heavy atom. The van der Waals surface area contributed by atoms with Gasteiger partial charge in [-0.05, 0) is 30.4 Å². The number of benzene rings is 1. The summed E-state index contributed by atoms with van der Waals surface area (Å²) >= 11 is 0. The summed E-state index contributed by atoms with van der Waals surface area (Å²) < 4.78 is 5.07. The van der Waals surface area contributed by atoms with E-state index in [0.29, 0.717) is 0 Å². The molecule has 0 aliphatic heterocycles. The lowest BCUT2D eigenvalue weighted by Gasteiger charge is -2.05. The molecule has 13 heavy (non-hydrogen) atoms. The molecule has 1 aliphatic carbocycles. The van der Waals surface area contributed by atoms with Gasteiger partial charge < -0.3 is 10.5 Å². The predicted octanol–water partition coefficient (Wildman–Crippen LogP) is 2.58. The number of methoxy groups -OCH3 is 1. The molecule has 72 valence electrons. The molecule has 1 fully saturated rings. The smallest absolute Gasteiger partial charge is 0.120 e. The quantitative estimate of drug-likeness (QED) is 0.744. The van der Waals surface area contributed by atoms with Gasteiger partial charge in [-0.25, -0.2) is 0 Å². The van der Waals surface area contributed by atoms with Crippen LogP contribution in [0.2, 0.25) is 0 Å². The Morgan fingerprint density at radius 3 is 2.54 bits per heavy atom. The van der Waals surface area contributed by atoms with Gasteiger partial charge in [0.25, 0.3) is 0 Å². The van der Waals surface area contributed by atoms with Crippen molar-refractivity contribution in [1.29, 1.82) is 0 Å². The fraction of sp³-hybridized carbons (Fsp3) is 0.400. The zero-order valence-corrected chi connectivity index (χ0v) is 8.43. The maximum absolute atomic E-state index is 5.86. The van der Waals surface area contributed by atoms with Crippen LogP contribution >= 0.6 is 12.4 Å². The normalized spacial score (nSPS) is 14.8. The molecule has 0 amide bonds. The van der Waals surface area contributed by atoms with Gasteiger partial charge in [-0.2, -0.15) is 0 Å². The number of ether oxygens (including phenoxy) is 1. The summed E-state index contributed by atoms with van der Waals surface area (Å²) in [7, 11) is 1.66. The third kappa shape index (κ3) is 2.07. The van der Waals surface area contributed by atoms with Gasteiger partial charge >= 0.3 is 0 Å². The standard InChI is InChI=1S/C10H13NO.ClH/c1-12-8-4-5-9(7-2-3-7)10(11)6-8;/h4-7H,2-3,11H2,1H3;1H. The van der Waals surface area contributed by atoms with Crippen molar-refractivity contribution >= 4 is 18.1 Å². The summed E-state index contributed by atoms with van der Waals surface area (Å²) in [5.41, 5.74) is 8.02. The molecule has 0 saturated heterocycles. The van der Waals surface area contributed by atoms with Crippen molar-refractivity contribution < 1.29 is 4.74 Å². The fourth-order valence-corrected chi connectivity index (χ4v) is 1.45. The Bertz CT molecular complexity index is 297. The Kier molecular flexibility index (Phi) is 3.04. The van der Waals surface area contributed by atoms with E-state index in [1.165, 1.54) is 18.4 Å². The average molecular weight is 200 g/mol. The number of nitrogen functional groups attached to an aromatic ring is 1. The highest BCUT2D eigenvalue weighted by Crippen LogP contribution is 2.43. The molecular formula is C10H14ClNO. The van der Waals surface area contributed by atoms with Crippen molar-refractivity contribution in [3.05, 3.63) is 23.8 Å². The summed E-state index contributed by atoms with van der Waals surface area (Å²) in [6.07, 6.45) is 2.58. The van der Waals surface area contributed by atoms with Crippen LogP contribution in [-0.4, -0.2) is 7.11 Å². The first kappa shape index (κ1) is 10.2. The van der Waals surface area contributed by atoms with Crippen LogP contribution in [0, 0.1) is 0 Å². The van der Waals surface area contributed by atoms with Gasteiger partial charge in [0.1, 0.15) is 5.75 Å². The van der Waals surface area contributed by atoms with Crippen LogP contribution in [-0.2, 0) is 0 Å². The molecule has 2 rings (SSSR count). The Hall–Kier alpha value is -0.890. The molecule has 0 aromatic heterocycles. The molecule has 0 unspecified atom stereocenters. The minimum absolute atomic E-state index is 0. The largest absolute Gasteiger partial charge is 0.497 e. The molecule has 0 atom stereocenters. The Balaban J connectivity index is 0.000000845. The number of halogens is 1. The van der Waals surface area contributed by atoms with Gasteiger partial charge in [-0.1, -0.05) is 6.07 Å². The summed E-state index contributed by atoms with van der Waals surface area (Å²) in [4.78, 5) is 0. The van der Waals surface area contributed by atoms with Crippen LogP contribution in [0.25, 0.3) is 0 Å². The Morgan fingerprint density at radius 1 is 1.38 bits per heavy atom. The molecule has 0 heterocycles. The highest BCUT2D eigenvalue weighted by atomic mass is 35.5. The summed E-state index contributed by atoms with van der Waals surface area (Å²) in [6.45, 7) is 0. The van der Waals surface area contributed by atoms with E-state index < -0.39 is 0 Å². The van der Waals surface area contributed by atoms with E-state index in [4.69, 9.17) is 10.5 Å². The molecule has 2 N–H and O–H groups in total. The molecule has 2 nitrogen and oxygen atoms in total. The topological polar surface area (TPSA) is 35.2 Å². The third-order valence-electron chi connectivity index (χ3n) is 2.31. The molecule has 1 aromatic carbocycles. The summed E-state index contributed by atoms with van der Waals surface area (Å²) in [5.74, 6) is 1.56. The van der Waals surface area contributed by atoms with Crippen molar-refractivity contribution in [2.75, 3.05) is 12.8 Å². The van der Waals surface area contributed by atoms with Crippen molar-refractivity contribution in [3.63, 3.8) is 0 Å². The van der Waals surface area contributed by atoms with Gasteiger partial charge in [0.05, 0.1) is 7.11 Å². The van der Waals surface area contributed by atoms with Crippen molar-refractivity contribution in [1.82, 2.24) is 0 Å². The van der Waals surface area contributed by atoms with Crippen LogP contribution in [0.4, 0.5) is 5.69 Å². The minimum atomic E-state index is 0. The first-order valence-corrected chi connectivity index (χ1v) is 4.24. The van der Waals surface area contributed by atoms with Gasteiger partial charge in [0, 0.05) is 11.8 Å². The van der Waals surface area contributed by atoms with E-state index in [9.17, 15) is 0 Å². The molecule has 0 spiro atoms. The minimum Gasteiger partial charge on any atom is -0.497 e. The van der Waals surface area contributed by atoms with Gasteiger partial charge in [-0.15, -0.1) is 12.4 Å². The first-order chi connectivity index (χ1) is 5.81. The zero-order valence-electron chi connectivity index (χ0n) is 7.62. The lowest BCUT2D eigenvalue weighted by atomic mass is 10.1. The second-order valence-electron chi connectivity index (χ2n) is 3.27. The van der Waals surface area contributed by atoms with Gasteiger partial charge in [-0.3, -0.25) is 0 Å². The molecule has 1 aromatic rings. The Labute approximate surface area is 84.5 Å². The van der Waals surface area contributed by atoms with Crippen molar-refractivity contribution in [3.8, 4) is 5.75 Å². The van der Waals surface area contributed by atoms with E-state index in [0.717, 1.165) is 17.4 Å². The van der Waals surface area contributed by atoms with Crippen LogP contribution in [0.3, 0.4) is 0 Å². The number of anilines is 1. The second kappa shape index (κ2) is 3.88. The maximum Gasteiger partial charge on any atom is 0.120 e. The molecule has 0 bridgehead atoms. The highest BCUT2D eigenvalue weighted by molar-refractivity contribution is 5.85. The predicted molar refractivity (Wildman–Crippen MR) is 56.6 cm³/mol. The van der Waals surface area contributed by atoms with Crippen molar-refractivity contribution in [2.24, 2.45) is 0 Å². The van der Waals surface area contributed by atoms with E-state index >= 15 is 0 Å². The fourth-order valence-electron chi connectivity index (χ4n) is 1.45. The molecule has 0 radical (unpaired) electrons. The average Bonchev–Trinajstić information content (AvgIpc) is 2.87. The lowest BCUT2D eigenvalue weighted by molar-refractivity contribution is 0.415. The van der Waals surface area contributed by atoms with E-state index in [2.05, 4.69) is 6.07 Å². The number of hydrogen-bond donors (Lipinski definition) is 1. The first-order valence-electron chi connectivity index (χ1n) is 4.24. The van der Waals surface area contributed by atoms with Gasteiger partial charge in [0.2, 0.25) is 0 Å². The lowest BCUT2D eigenvalue weighted by Crippen LogP contribution is -1.93. The van der Waals surface area contributed by atoms with E-state index in [-0.39, 0.29) is 12.4 Å².